The number of rotatable bonds is 4. The molecule has 0 aliphatic carbocycles. The van der Waals surface area contributed by atoms with Gasteiger partial charge in [0.15, 0.2) is 0 Å². The summed E-state index contributed by atoms with van der Waals surface area (Å²) < 4.78 is 4.46. The van der Waals surface area contributed by atoms with Crippen molar-refractivity contribution in [3.8, 4) is 0 Å². The molecule has 0 radical (unpaired) electrons. The van der Waals surface area contributed by atoms with E-state index in [1.54, 1.807) is 11.3 Å². The van der Waals surface area contributed by atoms with Crippen molar-refractivity contribution in [1.82, 2.24) is 5.32 Å². The predicted molar refractivity (Wildman–Crippen MR) is 97.1 cm³/mol. The van der Waals surface area contributed by atoms with Crippen molar-refractivity contribution in [2.75, 3.05) is 6.54 Å². The van der Waals surface area contributed by atoms with E-state index in [0.717, 1.165) is 23.1 Å². The van der Waals surface area contributed by atoms with Crippen LogP contribution in [0, 0.1) is 0 Å². The van der Waals surface area contributed by atoms with Gasteiger partial charge in [-0.25, -0.2) is 0 Å². The molecule has 0 bridgehead atoms. The minimum absolute atomic E-state index is 0.171. The molecule has 1 atom stereocenters. The van der Waals surface area contributed by atoms with Gasteiger partial charge in [-0.3, -0.25) is 0 Å². The zero-order valence-electron chi connectivity index (χ0n) is 10.0. The van der Waals surface area contributed by atoms with Crippen LogP contribution in [-0.2, 0) is 0 Å². The Morgan fingerprint density at radius 2 is 1.84 bits per heavy atom. The SMILES string of the molecule is CCNC(c1ccc(Br)cc1Br)c1cc(Br)sc1Br. The van der Waals surface area contributed by atoms with Crippen LogP contribution in [0.2, 0.25) is 0 Å². The van der Waals surface area contributed by atoms with Crippen LogP contribution in [0.3, 0.4) is 0 Å². The van der Waals surface area contributed by atoms with Gasteiger partial charge >= 0.3 is 0 Å². The maximum absolute atomic E-state index is 3.65. The molecule has 0 aliphatic rings. The fourth-order valence-electron chi connectivity index (χ4n) is 1.88. The number of hydrogen-bond acceptors (Lipinski definition) is 2. The Bertz CT molecular complexity index is 582. The molecule has 2 rings (SSSR count). The van der Waals surface area contributed by atoms with Crippen LogP contribution < -0.4 is 5.32 Å². The third kappa shape index (κ3) is 3.92. The molecule has 0 saturated heterocycles. The van der Waals surface area contributed by atoms with Gasteiger partial charge in [0.2, 0.25) is 0 Å². The highest BCUT2D eigenvalue weighted by molar-refractivity contribution is 9.12. The van der Waals surface area contributed by atoms with Gasteiger partial charge in [-0.15, -0.1) is 11.3 Å². The molecule has 1 heterocycles. The van der Waals surface area contributed by atoms with Crippen LogP contribution in [0.15, 0.2) is 40.8 Å². The summed E-state index contributed by atoms with van der Waals surface area (Å²) in [6.07, 6.45) is 0. The maximum atomic E-state index is 3.65. The van der Waals surface area contributed by atoms with E-state index in [2.05, 4.69) is 100 Å². The highest BCUT2D eigenvalue weighted by atomic mass is 79.9. The van der Waals surface area contributed by atoms with E-state index < -0.39 is 0 Å². The lowest BCUT2D eigenvalue weighted by molar-refractivity contribution is 0.628. The van der Waals surface area contributed by atoms with Gasteiger partial charge in [0.25, 0.3) is 0 Å². The van der Waals surface area contributed by atoms with Gasteiger partial charge in [-0.1, -0.05) is 44.8 Å². The van der Waals surface area contributed by atoms with Crippen LogP contribution in [0.5, 0.6) is 0 Å². The molecule has 1 aromatic carbocycles. The first-order valence-corrected chi connectivity index (χ1v) is 9.64. The van der Waals surface area contributed by atoms with E-state index in [1.807, 2.05) is 0 Å². The van der Waals surface area contributed by atoms with Gasteiger partial charge in [-0.05, 0) is 67.7 Å². The second-order valence-corrected chi connectivity index (χ2v) is 9.46. The molecular formula is C13H11Br4NS. The van der Waals surface area contributed by atoms with Gasteiger partial charge in [0.05, 0.1) is 13.6 Å². The first kappa shape index (κ1) is 16.2. The zero-order chi connectivity index (χ0) is 14.0. The molecule has 0 spiro atoms. The van der Waals surface area contributed by atoms with E-state index in [4.69, 9.17) is 0 Å². The molecular weight excluding hydrogens is 522 g/mol. The second-order valence-electron chi connectivity index (χ2n) is 3.94. The van der Waals surface area contributed by atoms with E-state index in [1.165, 1.54) is 11.1 Å². The average molecular weight is 533 g/mol. The molecule has 19 heavy (non-hydrogen) atoms. The molecule has 0 saturated carbocycles. The minimum atomic E-state index is 0.171. The summed E-state index contributed by atoms with van der Waals surface area (Å²) in [4.78, 5) is 0. The molecule has 1 N–H and O–H groups in total. The monoisotopic (exact) mass is 529 g/mol. The highest BCUT2D eigenvalue weighted by Crippen LogP contribution is 2.40. The zero-order valence-corrected chi connectivity index (χ0v) is 17.2. The van der Waals surface area contributed by atoms with Gasteiger partial charge in [0.1, 0.15) is 0 Å². The quantitative estimate of drug-likeness (QED) is 0.474. The summed E-state index contributed by atoms with van der Waals surface area (Å²) >= 11 is 16.0. The Morgan fingerprint density at radius 3 is 2.37 bits per heavy atom. The average Bonchev–Trinajstić information content (AvgIpc) is 2.66. The van der Waals surface area contributed by atoms with Crippen LogP contribution in [0.25, 0.3) is 0 Å². The molecule has 0 amide bonds. The Kier molecular flexibility index (Phi) is 6.11. The molecule has 6 heteroatoms. The summed E-state index contributed by atoms with van der Waals surface area (Å²) in [5.74, 6) is 0. The predicted octanol–water partition coefficient (Wildman–Crippen LogP) is 6.50. The Hall–Kier alpha value is 0.800. The van der Waals surface area contributed by atoms with Crippen LogP contribution in [0.4, 0.5) is 0 Å². The molecule has 2 aromatic rings. The Labute approximate surface area is 150 Å². The van der Waals surface area contributed by atoms with Crippen molar-refractivity contribution in [2.45, 2.75) is 13.0 Å². The van der Waals surface area contributed by atoms with Crippen LogP contribution >= 0.6 is 75.1 Å². The Balaban J connectivity index is 2.48. The fourth-order valence-corrected chi connectivity index (χ4v) is 6.06. The molecule has 0 aliphatic heterocycles. The van der Waals surface area contributed by atoms with Gasteiger partial charge in [0, 0.05) is 8.95 Å². The van der Waals surface area contributed by atoms with Crippen molar-refractivity contribution in [1.29, 1.82) is 0 Å². The van der Waals surface area contributed by atoms with Crippen LogP contribution in [0.1, 0.15) is 24.1 Å². The topological polar surface area (TPSA) is 12.0 Å². The number of benzene rings is 1. The van der Waals surface area contributed by atoms with Crippen molar-refractivity contribution in [3.63, 3.8) is 0 Å². The normalized spacial score (nSPS) is 12.7. The standard InChI is InChI=1S/C13H11Br4NS/c1-2-18-12(9-6-11(16)19-13(9)17)8-4-3-7(14)5-10(8)15/h3-6,12,18H,2H2,1H3. The Morgan fingerprint density at radius 1 is 1.11 bits per heavy atom. The minimum Gasteiger partial charge on any atom is -0.306 e. The first-order chi connectivity index (χ1) is 9.02. The third-order valence-electron chi connectivity index (χ3n) is 2.68. The van der Waals surface area contributed by atoms with Crippen molar-refractivity contribution in [3.05, 3.63) is 51.9 Å². The summed E-state index contributed by atoms with van der Waals surface area (Å²) in [6.45, 7) is 3.03. The summed E-state index contributed by atoms with van der Waals surface area (Å²) in [5, 5.41) is 3.54. The molecule has 102 valence electrons. The van der Waals surface area contributed by atoms with Gasteiger partial charge in [-0.2, -0.15) is 0 Å². The number of thiophene rings is 1. The maximum Gasteiger partial charge on any atom is 0.0761 e. The smallest absolute Gasteiger partial charge is 0.0761 e. The van der Waals surface area contributed by atoms with Crippen molar-refractivity contribution < 1.29 is 0 Å². The molecule has 0 fully saturated rings. The first-order valence-electron chi connectivity index (χ1n) is 5.66. The third-order valence-corrected chi connectivity index (χ3v) is 6.24. The van der Waals surface area contributed by atoms with Gasteiger partial charge < -0.3 is 5.32 Å². The number of nitrogens with one attached hydrogen (secondary N) is 1. The summed E-state index contributed by atoms with van der Waals surface area (Å²) in [6, 6.07) is 8.62. The van der Waals surface area contributed by atoms with E-state index in [0.29, 0.717) is 0 Å². The fraction of sp³-hybridized carbons (Fsp3) is 0.231. The van der Waals surface area contributed by atoms with E-state index in [-0.39, 0.29) is 6.04 Å². The molecule has 1 aromatic heterocycles. The lowest BCUT2D eigenvalue weighted by Gasteiger charge is -2.20. The number of hydrogen-bond donors (Lipinski definition) is 1. The lowest BCUT2D eigenvalue weighted by atomic mass is 10.0. The number of halogens is 4. The van der Waals surface area contributed by atoms with E-state index >= 15 is 0 Å². The summed E-state index contributed by atoms with van der Waals surface area (Å²) in [7, 11) is 0. The second kappa shape index (κ2) is 7.18. The largest absolute Gasteiger partial charge is 0.306 e. The lowest BCUT2D eigenvalue weighted by Crippen LogP contribution is -2.22. The van der Waals surface area contributed by atoms with E-state index in [9.17, 15) is 0 Å². The van der Waals surface area contributed by atoms with Crippen molar-refractivity contribution in [2.24, 2.45) is 0 Å². The highest BCUT2D eigenvalue weighted by Gasteiger charge is 2.20. The molecule has 1 unspecified atom stereocenters. The molecule has 1 nitrogen and oxygen atoms in total. The van der Waals surface area contributed by atoms with Crippen molar-refractivity contribution >= 4 is 75.1 Å². The van der Waals surface area contributed by atoms with Crippen LogP contribution in [-0.4, -0.2) is 6.54 Å². The summed E-state index contributed by atoms with van der Waals surface area (Å²) in [5.41, 5.74) is 2.48.